The lowest BCUT2D eigenvalue weighted by molar-refractivity contribution is -0.0327. The van der Waals surface area contributed by atoms with Gasteiger partial charge in [0.05, 0.1) is 37.7 Å². The molecule has 38 heavy (non-hydrogen) atoms. The molecule has 8 heteroatoms. The van der Waals surface area contributed by atoms with Gasteiger partial charge in [-0.25, -0.2) is 4.98 Å². The summed E-state index contributed by atoms with van der Waals surface area (Å²) in [7, 11) is 7.10. The second-order valence-electron chi connectivity index (χ2n) is 10.6. The molecule has 8 nitrogen and oxygen atoms in total. The number of nitrogens with zero attached hydrogens (tertiary/aromatic N) is 5. The van der Waals surface area contributed by atoms with Crippen LogP contribution in [0.2, 0.25) is 0 Å². The molecule has 1 spiro atoms. The molecule has 0 aliphatic carbocycles. The lowest BCUT2D eigenvalue weighted by Gasteiger charge is -2.61. The first-order valence-electron chi connectivity index (χ1n) is 13.1. The van der Waals surface area contributed by atoms with Gasteiger partial charge in [0.25, 0.3) is 0 Å². The molecule has 198 valence electrons. The number of aromatic nitrogens is 3. The zero-order chi connectivity index (χ0) is 26.4. The maximum absolute atomic E-state index is 5.51. The molecule has 0 bridgehead atoms. The van der Waals surface area contributed by atoms with E-state index in [1.807, 2.05) is 32.2 Å². The molecule has 2 aliphatic heterocycles. The third-order valence-corrected chi connectivity index (χ3v) is 8.00. The number of rotatable bonds is 8. The number of hydrogen-bond acceptors (Lipinski definition) is 7. The van der Waals surface area contributed by atoms with Gasteiger partial charge in [0.15, 0.2) is 11.5 Å². The fraction of sp³-hybridized carbons (Fsp3) is 0.400. The number of fused-ring (bicyclic) bond motifs is 1. The third-order valence-electron chi connectivity index (χ3n) is 8.00. The summed E-state index contributed by atoms with van der Waals surface area (Å²) in [5.41, 5.74) is 7.65. The Bertz CT molecular complexity index is 1470. The number of methoxy groups -OCH3 is 3. The minimum absolute atomic E-state index is 0.473. The van der Waals surface area contributed by atoms with Gasteiger partial charge < -0.3 is 23.7 Å². The molecule has 0 radical (unpaired) electrons. The van der Waals surface area contributed by atoms with Gasteiger partial charge in [-0.15, -0.1) is 0 Å². The summed E-state index contributed by atoms with van der Waals surface area (Å²) < 4.78 is 18.2. The van der Waals surface area contributed by atoms with Crippen molar-refractivity contribution in [2.75, 3.05) is 65.6 Å². The van der Waals surface area contributed by atoms with E-state index in [1.165, 1.54) is 18.8 Å². The summed E-state index contributed by atoms with van der Waals surface area (Å²) in [5, 5.41) is 0. The molecule has 0 N–H and O–H groups in total. The lowest BCUT2D eigenvalue weighted by Crippen LogP contribution is -2.72. The fourth-order valence-corrected chi connectivity index (χ4v) is 5.99. The second-order valence-corrected chi connectivity index (χ2v) is 10.6. The predicted octanol–water partition coefficient (Wildman–Crippen LogP) is 4.40. The molecule has 2 saturated heterocycles. The van der Waals surface area contributed by atoms with Gasteiger partial charge in [-0.1, -0.05) is 12.1 Å². The van der Waals surface area contributed by atoms with E-state index in [0.29, 0.717) is 16.9 Å². The van der Waals surface area contributed by atoms with Crippen molar-refractivity contribution in [1.29, 1.82) is 0 Å². The molecule has 2 aromatic carbocycles. The minimum Gasteiger partial charge on any atom is -0.493 e. The topological polar surface area (TPSA) is 64.9 Å². The number of likely N-dealkylation sites (tertiary alicyclic amines) is 1. The van der Waals surface area contributed by atoms with Crippen LogP contribution in [0.15, 0.2) is 48.5 Å². The highest BCUT2D eigenvalue weighted by Gasteiger charge is 2.51. The quantitative estimate of drug-likeness (QED) is 0.346. The Morgan fingerprint density at radius 3 is 2.24 bits per heavy atom. The van der Waals surface area contributed by atoms with Crippen LogP contribution in [0, 0.1) is 12.3 Å². The molecular formula is C30H35N5O3. The smallest absolute Gasteiger partial charge is 0.161 e. The van der Waals surface area contributed by atoms with Crippen molar-refractivity contribution < 1.29 is 14.2 Å². The average molecular weight is 514 g/mol. The van der Waals surface area contributed by atoms with Crippen molar-refractivity contribution in [3.05, 3.63) is 54.2 Å². The summed E-state index contributed by atoms with van der Waals surface area (Å²) in [4.78, 5) is 14.8. The van der Waals surface area contributed by atoms with E-state index in [4.69, 9.17) is 24.2 Å². The van der Waals surface area contributed by atoms with Crippen LogP contribution in [0.25, 0.3) is 33.7 Å². The highest BCUT2D eigenvalue weighted by molar-refractivity contribution is 5.86. The highest BCUT2D eigenvalue weighted by atomic mass is 16.5. The zero-order valence-electron chi connectivity index (χ0n) is 22.8. The standard InChI is InChI=1S/C30H35N5O3/c1-20-28-25(33(2)29(32-28)22-8-11-26(37-4)27(14-22)38-5)15-24(31-20)21-6-9-23(10-7-21)35-18-30(19-35)16-34(17-30)12-13-36-3/h6-11,14-15H,12-13,16-19H2,1-5H3. The van der Waals surface area contributed by atoms with Crippen LogP contribution in [-0.2, 0) is 11.8 Å². The highest BCUT2D eigenvalue weighted by Crippen LogP contribution is 2.42. The van der Waals surface area contributed by atoms with Crippen LogP contribution >= 0.6 is 0 Å². The first-order valence-corrected chi connectivity index (χ1v) is 13.1. The molecule has 0 unspecified atom stereocenters. The van der Waals surface area contributed by atoms with Crippen molar-refractivity contribution in [2.45, 2.75) is 6.92 Å². The Labute approximate surface area is 223 Å². The molecule has 4 aromatic rings. The zero-order valence-corrected chi connectivity index (χ0v) is 22.8. The number of benzene rings is 2. The van der Waals surface area contributed by atoms with E-state index in [9.17, 15) is 0 Å². The molecule has 6 rings (SSSR count). The maximum atomic E-state index is 5.51. The van der Waals surface area contributed by atoms with Crippen molar-refractivity contribution in [2.24, 2.45) is 12.5 Å². The molecule has 2 aromatic heterocycles. The number of pyridine rings is 1. The van der Waals surface area contributed by atoms with E-state index >= 15 is 0 Å². The van der Waals surface area contributed by atoms with E-state index in [1.54, 1.807) is 21.3 Å². The Morgan fingerprint density at radius 2 is 1.55 bits per heavy atom. The van der Waals surface area contributed by atoms with Crippen LogP contribution in [-0.4, -0.2) is 80.1 Å². The molecular weight excluding hydrogens is 478 g/mol. The maximum Gasteiger partial charge on any atom is 0.161 e. The van der Waals surface area contributed by atoms with E-state index in [2.05, 4.69) is 44.7 Å². The monoisotopic (exact) mass is 513 g/mol. The molecule has 0 amide bonds. The van der Waals surface area contributed by atoms with Crippen LogP contribution in [0.4, 0.5) is 5.69 Å². The molecule has 0 atom stereocenters. The molecule has 0 saturated carbocycles. The number of hydrogen-bond donors (Lipinski definition) is 0. The van der Waals surface area contributed by atoms with Crippen molar-refractivity contribution in [1.82, 2.24) is 19.4 Å². The lowest BCUT2D eigenvalue weighted by atomic mass is 9.72. The first kappa shape index (κ1) is 24.7. The van der Waals surface area contributed by atoms with Crippen molar-refractivity contribution in [3.63, 3.8) is 0 Å². The number of anilines is 1. The number of ether oxygens (including phenoxy) is 3. The molecule has 4 heterocycles. The summed E-state index contributed by atoms with van der Waals surface area (Å²) in [6.45, 7) is 8.52. The van der Waals surface area contributed by atoms with Gasteiger partial charge in [-0.3, -0.25) is 9.88 Å². The van der Waals surface area contributed by atoms with Crippen molar-refractivity contribution >= 4 is 16.7 Å². The first-order chi connectivity index (χ1) is 18.4. The predicted molar refractivity (Wildman–Crippen MR) is 150 cm³/mol. The summed E-state index contributed by atoms with van der Waals surface area (Å²) in [6, 6.07) is 16.8. The second kappa shape index (κ2) is 9.60. The van der Waals surface area contributed by atoms with Crippen LogP contribution in [0.5, 0.6) is 11.5 Å². The average Bonchev–Trinajstić information content (AvgIpc) is 3.23. The normalized spacial score (nSPS) is 16.5. The third kappa shape index (κ3) is 4.18. The summed E-state index contributed by atoms with van der Waals surface area (Å²) in [6.07, 6.45) is 0. The van der Waals surface area contributed by atoms with Gasteiger partial charge in [-0.05, 0) is 43.3 Å². The Kier molecular flexibility index (Phi) is 6.24. The van der Waals surface area contributed by atoms with Crippen molar-refractivity contribution in [3.8, 4) is 34.1 Å². The Morgan fingerprint density at radius 1 is 0.842 bits per heavy atom. The van der Waals surface area contributed by atoms with E-state index in [0.717, 1.165) is 65.6 Å². The van der Waals surface area contributed by atoms with Gasteiger partial charge in [0, 0.05) is 69.1 Å². The van der Waals surface area contributed by atoms with Gasteiger partial charge in [0.2, 0.25) is 0 Å². The summed E-state index contributed by atoms with van der Waals surface area (Å²) in [5.74, 6) is 2.24. The minimum atomic E-state index is 0.473. The Hall–Kier alpha value is -3.62. The molecule has 2 aliphatic rings. The van der Waals surface area contributed by atoms with Crippen LogP contribution in [0.1, 0.15) is 5.69 Å². The van der Waals surface area contributed by atoms with Gasteiger partial charge >= 0.3 is 0 Å². The van der Waals surface area contributed by atoms with Crippen LogP contribution < -0.4 is 14.4 Å². The number of imidazole rings is 1. The number of aryl methyl sites for hydroxylation is 2. The van der Waals surface area contributed by atoms with E-state index < -0.39 is 0 Å². The summed E-state index contributed by atoms with van der Waals surface area (Å²) >= 11 is 0. The SMILES string of the molecule is COCCN1CC2(C1)CN(c1ccc(-c3cc4c(nc(-c5ccc(OC)c(OC)c5)n4C)c(C)n3)cc1)C2. The Balaban J connectivity index is 1.21. The molecule has 2 fully saturated rings. The fourth-order valence-electron chi connectivity index (χ4n) is 5.99. The largest absolute Gasteiger partial charge is 0.493 e. The van der Waals surface area contributed by atoms with Crippen LogP contribution in [0.3, 0.4) is 0 Å². The van der Waals surface area contributed by atoms with Gasteiger partial charge in [-0.2, -0.15) is 0 Å². The van der Waals surface area contributed by atoms with E-state index in [-0.39, 0.29) is 0 Å². The van der Waals surface area contributed by atoms with Gasteiger partial charge in [0.1, 0.15) is 11.3 Å².